The molecule has 0 spiro atoms. The largest absolute Gasteiger partial charge is 0.481 e. The number of rotatable bonds is 8. The Morgan fingerprint density at radius 1 is 1.12 bits per heavy atom. The smallest absolute Gasteiger partial charge is 0.309 e. The van der Waals surface area contributed by atoms with Crippen LogP contribution in [0.5, 0.6) is 0 Å². The molecule has 0 aromatic heterocycles. The number of hydrogen-bond acceptors (Lipinski definition) is 3. The summed E-state index contributed by atoms with van der Waals surface area (Å²) in [5, 5.41) is 8.75. The van der Waals surface area contributed by atoms with Crippen LogP contribution in [0.25, 0.3) is 0 Å². The van der Waals surface area contributed by atoms with Crippen LogP contribution in [-0.2, 0) is 14.3 Å². The lowest BCUT2D eigenvalue weighted by Gasteiger charge is -2.16. The van der Waals surface area contributed by atoms with E-state index in [1.807, 2.05) is 13.8 Å². The Morgan fingerprint density at radius 3 is 2.12 bits per heavy atom. The van der Waals surface area contributed by atoms with E-state index in [0.29, 0.717) is 18.9 Å². The van der Waals surface area contributed by atoms with E-state index in [1.54, 1.807) is 0 Å². The van der Waals surface area contributed by atoms with Gasteiger partial charge in [0.15, 0.2) is 0 Å². The van der Waals surface area contributed by atoms with Crippen LogP contribution in [-0.4, -0.2) is 23.7 Å². The second-order valence-corrected chi connectivity index (χ2v) is 5.27. The molecule has 0 rings (SSSR count). The molecule has 1 unspecified atom stereocenters. The molecule has 0 amide bonds. The molecule has 0 saturated carbocycles. The highest BCUT2D eigenvalue weighted by molar-refractivity contribution is 5.79. The lowest BCUT2D eigenvalue weighted by molar-refractivity contribution is -0.154. The summed E-state index contributed by atoms with van der Waals surface area (Å²) in [6.07, 6.45) is 1.23. The highest BCUT2D eigenvalue weighted by atomic mass is 16.5. The molecule has 100 valence electrons. The SMILES string of the molecule is CC(C)CCOC(=O)C(CC(=O)O)CC(C)C. The fourth-order valence-corrected chi connectivity index (χ4v) is 1.56. The van der Waals surface area contributed by atoms with Gasteiger partial charge >= 0.3 is 11.9 Å². The van der Waals surface area contributed by atoms with E-state index in [0.717, 1.165) is 6.42 Å². The van der Waals surface area contributed by atoms with Crippen LogP contribution in [0.1, 0.15) is 47.0 Å². The molecule has 0 aromatic carbocycles. The molecule has 0 aliphatic carbocycles. The van der Waals surface area contributed by atoms with Gasteiger partial charge in [0.25, 0.3) is 0 Å². The zero-order chi connectivity index (χ0) is 13.4. The Balaban J connectivity index is 4.17. The number of esters is 1. The summed E-state index contributed by atoms with van der Waals surface area (Å²) < 4.78 is 5.11. The predicted octanol–water partition coefficient (Wildman–Crippen LogP) is 2.71. The molecule has 1 N–H and O–H groups in total. The van der Waals surface area contributed by atoms with Crippen molar-refractivity contribution >= 4 is 11.9 Å². The van der Waals surface area contributed by atoms with Crippen LogP contribution in [0.15, 0.2) is 0 Å². The van der Waals surface area contributed by atoms with Crippen molar-refractivity contribution in [2.45, 2.75) is 47.0 Å². The summed E-state index contributed by atoms with van der Waals surface area (Å²) in [5.74, 6) is -1.07. The molecule has 4 heteroatoms. The second kappa shape index (κ2) is 8.09. The van der Waals surface area contributed by atoms with Crippen molar-refractivity contribution in [2.24, 2.45) is 17.8 Å². The number of hydrogen-bond donors (Lipinski definition) is 1. The van der Waals surface area contributed by atoms with Gasteiger partial charge in [-0.1, -0.05) is 27.7 Å². The van der Waals surface area contributed by atoms with E-state index >= 15 is 0 Å². The summed E-state index contributed by atoms with van der Waals surface area (Å²) >= 11 is 0. The van der Waals surface area contributed by atoms with Crippen molar-refractivity contribution in [3.8, 4) is 0 Å². The number of ether oxygens (including phenoxy) is 1. The van der Waals surface area contributed by atoms with Crippen LogP contribution < -0.4 is 0 Å². The van der Waals surface area contributed by atoms with Crippen LogP contribution in [0, 0.1) is 17.8 Å². The molecule has 0 aromatic rings. The molecule has 0 saturated heterocycles. The third kappa shape index (κ3) is 8.72. The molecule has 0 aliphatic rings. The number of carbonyl (C=O) groups excluding carboxylic acids is 1. The Hall–Kier alpha value is -1.06. The summed E-state index contributed by atoms with van der Waals surface area (Å²) in [6.45, 7) is 8.42. The first-order valence-corrected chi connectivity index (χ1v) is 6.21. The van der Waals surface area contributed by atoms with Gasteiger partial charge in [0, 0.05) is 0 Å². The van der Waals surface area contributed by atoms with Gasteiger partial charge in [-0.25, -0.2) is 0 Å². The molecule has 17 heavy (non-hydrogen) atoms. The second-order valence-electron chi connectivity index (χ2n) is 5.27. The highest BCUT2D eigenvalue weighted by Crippen LogP contribution is 2.17. The van der Waals surface area contributed by atoms with E-state index < -0.39 is 11.9 Å². The predicted molar refractivity (Wildman–Crippen MR) is 65.6 cm³/mol. The van der Waals surface area contributed by atoms with Crippen molar-refractivity contribution in [3.05, 3.63) is 0 Å². The topological polar surface area (TPSA) is 63.6 Å². The lowest BCUT2D eigenvalue weighted by atomic mass is 9.94. The van der Waals surface area contributed by atoms with Crippen molar-refractivity contribution in [1.82, 2.24) is 0 Å². The van der Waals surface area contributed by atoms with Crippen LogP contribution in [0.4, 0.5) is 0 Å². The first-order valence-electron chi connectivity index (χ1n) is 6.21. The van der Waals surface area contributed by atoms with Gasteiger partial charge in [-0.3, -0.25) is 9.59 Å². The van der Waals surface area contributed by atoms with Gasteiger partial charge < -0.3 is 9.84 Å². The highest BCUT2D eigenvalue weighted by Gasteiger charge is 2.24. The third-order valence-electron chi connectivity index (χ3n) is 2.45. The molecule has 0 fully saturated rings. The molecular weight excluding hydrogens is 220 g/mol. The lowest BCUT2D eigenvalue weighted by Crippen LogP contribution is -2.23. The number of aliphatic carboxylic acids is 1. The van der Waals surface area contributed by atoms with Crippen LogP contribution >= 0.6 is 0 Å². The van der Waals surface area contributed by atoms with E-state index in [-0.39, 0.29) is 18.3 Å². The molecule has 0 radical (unpaired) electrons. The zero-order valence-corrected chi connectivity index (χ0v) is 11.2. The molecular formula is C13H24O4. The zero-order valence-electron chi connectivity index (χ0n) is 11.2. The molecule has 4 nitrogen and oxygen atoms in total. The Bertz CT molecular complexity index is 246. The Labute approximate surface area is 103 Å². The van der Waals surface area contributed by atoms with Gasteiger partial charge in [0.2, 0.25) is 0 Å². The van der Waals surface area contributed by atoms with Crippen molar-refractivity contribution in [3.63, 3.8) is 0 Å². The first-order chi connectivity index (χ1) is 7.82. The normalized spacial score (nSPS) is 12.8. The Kier molecular flexibility index (Phi) is 7.59. The van der Waals surface area contributed by atoms with Crippen LogP contribution in [0.3, 0.4) is 0 Å². The summed E-state index contributed by atoms with van der Waals surface area (Å²) in [6, 6.07) is 0. The maximum atomic E-state index is 11.7. The van der Waals surface area contributed by atoms with E-state index in [4.69, 9.17) is 9.84 Å². The van der Waals surface area contributed by atoms with Crippen molar-refractivity contribution in [1.29, 1.82) is 0 Å². The minimum Gasteiger partial charge on any atom is -0.481 e. The molecule has 0 aliphatic heterocycles. The monoisotopic (exact) mass is 244 g/mol. The summed E-state index contributed by atoms with van der Waals surface area (Å²) in [7, 11) is 0. The number of carboxylic acid groups (broad SMARTS) is 1. The Morgan fingerprint density at radius 2 is 1.71 bits per heavy atom. The first kappa shape index (κ1) is 15.9. The van der Waals surface area contributed by atoms with E-state index in [2.05, 4.69) is 13.8 Å². The van der Waals surface area contributed by atoms with E-state index in [1.165, 1.54) is 0 Å². The van der Waals surface area contributed by atoms with Gasteiger partial charge in [-0.05, 0) is 24.7 Å². The third-order valence-corrected chi connectivity index (χ3v) is 2.45. The van der Waals surface area contributed by atoms with Gasteiger partial charge in [-0.15, -0.1) is 0 Å². The number of carboxylic acids is 1. The summed E-state index contributed by atoms with van der Waals surface area (Å²) in [5.41, 5.74) is 0. The minimum absolute atomic E-state index is 0.140. The fourth-order valence-electron chi connectivity index (χ4n) is 1.56. The van der Waals surface area contributed by atoms with E-state index in [9.17, 15) is 9.59 Å². The molecule has 0 bridgehead atoms. The molecule has 0 heterocycles. The van der Waals surface area contributed by atoms with Crippen LogP contribution in [0.2, 0.25) is 0 Å². The fraction of sp³-hybridized carbons (Fsp3) is 0.846. The number of carbonyl (C=O) groups is 2. The average Bonchev–Trinajstić information content (AvgIpc) is 2.14. The maximum Gasteiger partial charge on any atom is 0.309 e. The standard InChI is InChI=1S/C13H24O4/c1-9(2)5-6-17-13(16)11(7-10(3)4)8-12(14)15/h9-11H,5-8H2,1-4H3,(H,14,15). The summed E-state index contributed by atoms with van der Waals surface area (Å²) in [4.78, 5) is 22.4. The van der Waals surface area contributed by atoms with Gasteiger partial charge in [-0.2, -0.15) is 0 Å². The maximum absolute atomic E-state index is 11.7. The van der Waals surface area contributed by atoms with Gasteiger partial charge in [0.05, 0.1) is 18.9 Å². The molecule has 1 atom stereocenters. The quantitative estimate of drug-likeness (QED) is 0.667. The van der Waals surface area contributed by atoms with Gasteiger partial charge in [0.1, 0.15) is 0 Å². The van der Waals surface area contributed by atoms with Crippen molar-refractivity contribution < 1.29 is 19.4 Å². The minimum atomic E-state index is -0.948. The van der Waals surface area contributed by atoms with Crippen molar-refractivity contribution in [2.75, 3.05) is 6.61 Å². The average molecular weight is 244 g/mol.